The predicted octanol–water partition coefficient (Wildman–Crippen LogP) is 1.50. The number of rotatable bonds is 2. The number of hydrazine groups is 1. The van der Waals surface area contributed by atoms with Crippen molar-refractivity contribution in [3.05, 3.63) is 35.5 Å². The number of hydrogen-bond donors (Lipinski definition) is 3. The van der Waals surface area contributed by atoms with E-state index in [0.29, 0.717) is 0 Å². The zero-order valence-corrected chi connectivity index (χ0v) is 9.71. The molecule has 0 spiro atoms. The molecule has 1 aliphatic carbocycles. The van der Waals surface area contributed by atoms with Crippen molar-refractivity contribution in [1.82, 2.24) is 10.4 Å². The average Bonchev–Trinajstić information content (AvgIpc) is 3.06. The number of aromatic amines is 1. The van der Waals surface area contributed by atoms with Crippen LogP contribution in [0, 0.1) is 6.92 Å². The molecule has 4 heteroatoms. The number of aryl methyl sites for hydroxylation is 1. The van der Waals surface area contributed by atoms with E-state index in [0.717, 1.165) is 35.0 Å². The first-order valence-electron chi connectivity index (χ1n) is 5.78. The van der Waals surface area contributed by atoms with Crippen molar-refractivity contribution in [3.8, 4) is 0 Å². The first kappa shape index (κ1) is 10.4. The van der Waals surface area contributed by atoms with Gasteiger partial charge in [-0.1, -0.05) is 18.2 Å². The monoisotopic (exact) mass is 229 g/mol. The Hall–Kier alpha value is -1.81. The van der Waals surface area contributed by atoms with E-state index in [2.05, 4.69) is 16.5 Å². The van der Waals surface area contributed by atoms with Gasteiger partial charge in [0.15, 0.2) is 0 Å². The Morgan fingerprint density at radius 3 is 2.76 bits per heavy atom. The van der Waals surface area contributed by atoms with Crippen molar-refractivity contribution in [2.45, 2.75) is 25.2 Å². The molecule has 1 aromatic heterocycles. The molecule has 4 nitrogen and oxygen atoms in total. The second kappa shape index (κ2) is 3.34. The number of carbonyl (C=O) groups excluding carboxylic acids is 1. The minimum atomic E-state index is -0.404. The Labute approximate surface area is 99.2 Å². The summed E-state index contributed by atoms with van der Waals surface area (Å²) in [5.41, 5.74) is 5.14. The molecule has 1 amide bonds. The lowest BCUT2D eigenvalue weighted by atomic mass is 9.92. The molecule has 1 aliphatic rings. The molecule has 0 aliphatic heterocycles. The number of nitrogens with one attached hydrogen (secondary N) is 2. The van der Waals surface area contributed by atoms with Gasteiger partial charge in [-0.05, 0) is 31.4 Å². The number of benzene rings is 1. The third-order valence-corrected chi connectivity index (χ3v) is 3.69. The standard InChI is InChI=1S/C13H15N3O/c1-8-11(13(6-7-13)12(17)16-14)9-4-2-3-5-10(9)15-8/h2-5,15H,6-7,14H2,1H3,(H,16,17). The summed E-state index contributed by atoms with van der Waals surface area (Å²) >= 11 is 0. The summed E-state index contributed by atoms with van der Waals surface area (Å²) < 4.78 is 0. The van der Waals surface area contributed by atoms with Crippen molar-refractivity contribution in [1.29, 1.82) is 0 Å². The fourth-order valence-corrected chi connectivity index (χ4v) is 2.75. The van der Waals surface area contributed by atoms with Gasteiger partial charge < -0.3 is 4.98 Å². The lowest BCUT2D eigenvalue weighted by Crippen LogP contribution is -2.39. The van der Waals surface area contributed by atoms with Crippen LogP contribution in [0.15, 0.2) is 24.3 Å². The van der Waals surface area contributed by atoms with Crippen molar-refractivity contribution >= 4 is 16.8 Å². The van der Waals surface area contributed by atoms with Crippen LogP contribution in [0.5, 0.6) is 0 Å². The highest BCUT2D eigenvalue weighted by Gasteiger charge is 2.53. The van der Waals surface area contributed by atoms with Crippen LogP contribution >= 0.6 is 0 Å². The van der Waals surface area contributed by atoms with E-state index < -0.39 is 5.41 Å². The molecule has 1 aromatic carbocycles. The van der Waals surface area contributed by atoms with E-state index >= 15 is 0 Å². The first-order chi connectivity index (χ1) is 8.19. The zero-order chi connectivity index (χ0) is 12.0. The van der Waals surface area contributed by atoms with Crippen LogP contribution in [0.3, 0.4) is 0 Å². The molecule has 4 N–H and O–H groups in total. The van der Waals surface area contributed by atoms with Gasteiger partial charge in [-0.2, -0.15) is 0 Å². The van der Waals surface area contributed by atoms with Crippen LogP contribution in [0.1, 0.15) is 24.1 Å². The van der Waals surface area contributed by atoms with Crippen LogP contribution in [-0.2, 0) is 10.2 Å². The summed E-state index contributed by atoms with van der Waals surface area (Å²) in [4.78, 5) is 15.3. The van der Waals surface area contributed by atoms with Gasteiger partial charge >= 0.3 is 0 Å². The fraction of sp³-hybridized carbons (Fsp3) is 0.308. The molecule has 0 atom stereocenters. The van der Waals surface area contributed by atoms with E-state index in [1.807, 2.05) is 25.1 Å². The molecule has 3 rings (SSSR count). The lowest BCUT2D eigenvalue weighted by Gasteiger charge is -2.13. The molecule has 2 aromatic rings. The van der Waals surface area contributed by atoms with Crippen molar-refractivity contribution in [3.63, 3.8) is 0 Å². The second-order valence-electron chi connectivity index (χ2n) is 4.73. The third kappa shape index (κ3) is 1.31. The summed E-state index contributed by atoms with van der Waals surface area (Å²) in [6.45, 7) is 2.01. The Kier molecular flexibility index (Phi) is 2.03. The molecule has 1 fully saturated rings. The number of hydrogen-bond acceptors (Lipinski definition) is 2. The fourth-order valence-electron chi connectivity index (χ4n) is 2.75. The number of carbonyl (C=O) groups is 1. The highest BCUT2D eigenvalue weighted by Crippen LogP contribution is 2.51. The van der Waals surface area contributed by atoms with Crippen LogP contribution in [-0.4, -0.2) is 10.9 Å². The molecule has 88 valence electrons. The van der Waals surface area contributed by atoms with E-state index in [9.17, 15) is 4.79 Å². The highest BCUT2D eigenvalue weighted by molar-refractivity contribution is 5.98. The van der Waals surface area contributed by atoms with Crippen LogP contribution in [0.4, 0.5) is 0 Å². The van der Waals surface area contributed by atoms with Gasteiger partial charge in [0.1, 0.15) is 0 Å². The van der Waals surface area contributed by atoms with Crippen molar-refractivity contribution in [2.24, 2.45) is 5.84 Å². The Morgan fingerprint density at radius 1 is 1.41 bits per heavy atom. The summed E-state index contributed by atoms with van der Waals surface area (Å²) in [5.74, 6) is 5.21. The number of H-pyrrole nitrogens is 1. The number of para-hydroxylation sites is 1. The smallest absolute Gasteiger partial charge is 0.244 e. The summed E-state index contributed by atoms with van der Waals surface area (Å²) in [6.07, 6.45) is 1.75. The van der Waals surface area contributed by atoms with Gasteiger partial charge in [0.2, 0.25) is 5.91 Å². The lowest BCUT2D eigenvalue weighted by molar-refractivity contribution is -0.123. The molecule has 0 radical (unpaired) electrons. The summed E-state index contributed by atoms with van der Waals surface area (Å²) in [6, 6.07) is 8.07. The normalized spacial score (nSPS) is 17.1. The maximum Gasteiger partial charge on any atom is 0.244 e. The topological polar surface area (TPSA) is 70.9 Å². The number of amides is 1. The van der Waals surface area contributed by atoms with Gasteiger partial charge in [0.05, 0.1) is 5.41 Å². The Balaban J connectivity index is 2.24. The van der Waals surface area contributed by atoms with Gasteiger partial charge in [0, 0.05) is 16.6 Å². The maximum atomic E-state index is 11.9. The van der Waals surface area contributed by atoms with E-state index in [4.69, 9.17) is 5.84 Å². The molecule has 0 unspecified atom stereocenters. The molecule has 17 heavy (non-hydrogen) atoms. The molecule has 1 heterocycles. The van der Waals surface area contributed by atoms with E-state index in [1.54, 1.807) is 0 Å². The van der Waals surface area contributed by atoms with Gasteiger partial charge in [-0.15, -0.1) is 0 Å². The predicted molar refractivity (Wildman–Crippen MR) is 66.3 cm³/mol. The Bertz CT molecular complexity index is 596. The number of nitrogens with two attached hydrogens (primary N) is 1. The third-order valence-electron chi connectivity index (χ3n) is 3.69. The zero-order valence-electron chi connectivity index (χ0n) is 9.71. The molecule has 0 bridgehead atoms. The largest absolute Gasteiger partial charge is 0.358 e. The van der Waals surface area contributed by atoms with Crippen LogP contribution in [0.2, 0.25) is 0 Å². The highest BCUT2D eigenvalue weighted by atomic mass is 16.2. The van der Waals surface area contributed by atoms with E-state index in [1.165, 1.54) is 0 Å². The average molecular weight is 229 g/mol. The number of fused-ring (bicyclic) bond motifs is 1. The summed E-state index contributed by atoms with van der Waals surface area (Å²) in [5, 5.41) is 1.13. The van der Waals surface area contributed by atoms with Crippen LogP contribution in [0.25, 0.3) is 10.9 Å². The summed E-state index contributed by atoms with van der Waals surface area (Å²) in [7, 11) is 0. The van der Waals surface area contributed by atoms with Gasteiger partial charge in [0.25, 0.3) is 0 Å². The maximum absolute atomic E-state index is 11.9. The van der Waals surface area contributed by atoms with Crippen LogP contribution < -0.4 is 11.3 Å². The minimum absolute atomic E-state index is 0.0784. The van der Waals surface area contributed by atoms with Gasteiger partial charge in [-0.3, -0.25) is 10.2 Å². The second-order valence-corrected chi connectivity index (χ2v) is 4.73. The van der Waals surface area contributed by atoms with Gasteiger partial charge in [-0.25, -0.2) is 5.84 Å². The number of aromatic nitrogens is 1. The minimum Gasteiger partial charge on any atom is -0.358 e. The first-order valence-corrected chi connectivity index (χ1v) is 5.78. The molecule has 1 saturated carbocycles. The molecular formula is C13H15N3O. The molecular weight excluding hydrogens is 214 g/mol. The quantitative estimate of drug-likeness (QED) is 0.415. The van der Waals surface area contributed by atoms with E-state index in [-0.39, 0.29) is 5.91 Å². The van der Waals surface area contributed by atoms with Crippen molar-refractivity contribution < 1.29 is 4.79 Å². The molecule has 0 saturated heterocycles. The Morgan fingerprint density at radius 2 is 2.12 bits per heavy atom. The SMILES string of the molecule is Cc1[nH]c2ccccc2c1C1(C(=O)NN)CC1. The van der Waals surface area contributed by atoms with Crippen molar-refractivity contribution in [2.75, 3.05) is 0 Å².